The van der Waals surface area contributed by atoms with Crippen molar-refractivity contribution in [3.63, 3.8) is 0 Å². The first-order valence-electron chi connectivity index (χ1n) is 6.77. The summed E-state index contributed by atoms with van der Waals surface area (Å²) in [6.45, 7) is 2.96. The molecule has 0 radical (unpaired) electrons. The van der Waals surface area contributed by atoms with E-state index in [9.17, 15) is 5.11 Å². The lowest BCUT2D eigenvalue weighted by atomic mass is 10.1. The molecule has 0 saturated heterocycles. The van der Waals surface area contributed by atoms with Crippen LogP contribution >= 0.6 is 23.1 Å². The van der Waals surface area contributed by atoms with Crippen molar-refractivity contribution in [3.05, 3.63) is 52.2 Å². The van der Waals surface area contributed by atoms with Gasteiger partial charge in [0.1, 0.15) is 0 Å². The first-order chi connectivity index (χ1) is 9.69. The number of hydrogen-bond acceptors (Lipinski definition) is 4. The summed E-state index contributed by atoms with van der Waals surface area (Å²) >= 11 is 3.37. The van der Waals surface area contributed by atoms with Crippen molar-refractivity contribution in [2.24, 2.45) is 0 Å². The predicted octanol–water partition coefficient (Wildman–Crippen LogP) is 4.07. The minimum atomic E-state index is -0.364. The number of thioether (sulfide) groups is 1. The van der Waals surface area contributed by atoms with Crippen LogP contribution < -0.4 is 5.32 Å². The fraction of sp³-hybridized carbons (Fsp3) is 0.375. The lowest BCUT2D eigenvalue weighted by Gasteiger charge is -2.17. The molecule has 2 nitrogen and oxygen atoms in total. The molecule has 20 heavy (non-hydrogen) atoms. The normalized spacial score (nSPS) is 14.2. The lowest BCUT2D eigenvalue weighted by Crippen LogP contribution is -2.27. The molecule has 2 aromatic rings. The predicted molar refractivity (Wildman–Crippen MR) is 88.4 cm³/mol. The fourth-order valence-corrected chi connectivity index (χ4v) is 3.18. The van der Waals surface area contributed by atoms with Crippen molar-refractivity contribution < 1.29 is 5.11 Å². The van der Waals surface area contributed by atoms with Crippen LogP contribution in [0.25, 0.3) is 0 Å². The molecule has 2 rings (SSSR count). The number of thiophene rings is 1. The zero-order chi connectivity index (χ0) is 14.4. The highest BCUT2D eigenvalue weighted by Gasteiger charge is 2.12. The van der Waals surface area contributed by atoms with Crippen LogP contribution in [0.5, 0.6) is 0 Å². The smallest absolute Gasteiger partial charge is 0.0896 e. The summed E-state index contributed by atoms with van der Waals surface area (Å²) < 4.78 is 0. The molecule has 108 valence electrons. The second-order valence-electron chi connectivity index (χ2n) is 4.90. The highest BCUT2D eigenvalue weighted by molar-refractivity contribution is 7.98. The minimum Gasteiger partial charge on any atom is -0.388 e. The van der Waals surface area contributed by atoms with E-state index in [4.69, 9.17) is 0 Å². The molecule has 0 aliphatic carbocycles. The molecule has 0 spiro atoms. The monoisotopic (exact) mass is 307 g/mol. The first kappa shape index (κ1) is 15.6. The zero-order valence-electron chi connectivity index (χ0n) is 11.9. The molecular weight excluding hydrogens is 286 g/mol. The first-order valence-corrected chi connectivity index (χ1v) is 8.87. The van der Waals surface area contributed by atoms with E-state index in [1.807, 2.05) is 17.5 Å². The molecule has 1 aromatic heterocycles. The topological polar surface area (TPSA) is 32.3 Å². The van der Waals surface area contributed by atoms with Gasteiger partial charge in [-0.25, -0.2) is 0 Å². The van der Waals surface area contributed by atoms with E-state index in [2.05, 4.69) is 42.8 Å². The standard InChI is InChI=1S/C16H21NOS2/c1-12(10-15(18)16-4-3-9-20-16)17-11-13-5-7-14(19-2)8-6-13/h3-9,12,15,17-18H,10-11H2,1-2H3. The van der Waals surface area contributed by atoms with Gasteiger partial charge >= 0.3 is 0 Å². The summed E-state index contributed by atoms with van der Waals surface area (Å²) in [5.41, 5.74) is 1.28. The number of benzene rings is 1. The zero-order valence-corrected chi connectivity index (χ0v) is 13.5. The molecule has 0 amide bonds. The van der Waals surface area contributed by atoms with Crippen LogP contribution in [0.4, 0.5) is 0 Å². The van der Waals surface area contributed by atoms with Crippen LogP contribution in [0.15, 0.2) is 46.7 Å². The quantitative estimate of drug-likeness (QED) is 0.756. The van der Waals surface area contributed by atoms with Crippen molar-refractivity contribution in [2.45, 2.75) is 36.9 Å². The summed E-state index contributed by atoms with van der Waals surface area (Å²) in [4.78, 5) is 2.33. The van der Waals surface area contributed by atoms with Gasteiger partial charge < -0.3 is 10.4 Å². The van der Waals surface area contributed by atoms with E-state index in [0.29, 0.717) is 0 Å². The Kier molecular flexibility index (Phi) is 6.10. The second-order valence-corrected chi connectivity index (χ2v) is 6.76. The van der Waals surface area contributed by atoms with E-state index in [1.165, 1.54) is 10.5 Å². The number of aliphatic hydroxyl groups excluding tert-OH is 1. The third kappa shape index (κ3) is 4.63. The van der Waals surface area contributed by atoms with E-state index in [0.717, 1.165) is 17.8 Å². The van der Waals surface area contributed by atoms with Gasteiger partial charge in [0.25, 0.3) is 0 Å². The van der Waals surface area contributed by atoms with E-state index in [-0.39, 0.29) is 12.1 Å². The Morgan fingerprint density at radius 3 is 2.60 bits per heavy atom. The van der Waals surface area contributed by atoms with Gasteiger partial charge in [-0.3, -0.25) is 0 Å². The molecule has 2 atom stereocenters. The Labute approximate surface area is 129 Å². The van der Waals surface area contributed by atoms with Crippen molar-refractivity contribution >= 4 is 23.1 Å². The Morgan fingerprint density at radius 1 is 1.25 bits per heavy atom. The van der Waals surface area contributed by atoms with Gasteiger partial charge in [-0.15, -0.1) is 23.1 Å². The second kappa shape index (κ2) is 7.84. The summed E-state index contributed by atoms with van der Waals surface area (Å²) in [6.07, 6.45) is 2.46. The van der Waals surface area contributed by atoms with Crippen molar-refractivity contribution in [3.8, 4) is 0 Å². The van der Waals surface area contributed by atoms with Crippen molar-refractivity contribution in [1.82, 2.24) is 5.32 Å². The van der Waals surface area contributed by atoms with Crippen LogP contribution in [0.3, 0.4) is 0 Å². The summed E-state index contributed by atoms with van der Waals surface area (Å²) in [5.74, 6) is 0. The number of aliphatic hydroxyl groups is 1. The van der Waals surface area contributed by atoms with Gasteiger partial charge in [-0.1, -0.05) is 18.2 Å². The van der Waals surface area contributed by atoms with Gasteiger partial charge in [0.2, 0.25) is 0 Å². The minimum absolute atomic E-state index is 0.285. The molecule has 2 unspecified atom stereocenters. The van der Waals surface area contributed by atoms with E-state index in [1.54, 1.807) is 23.1 Å². The summed E-state index contributed by atoms with van der Waals surface area (Å²) in [7, 11) is 0. The molecule has 0 bridgehead atoms. The van der Waals surface area contributed by atoms with E-state index < -0.39 is 0 Å². The van der Waals surface area contributed by atoms with Gasteiger partial charge in [0.05, 0.1) is 6.10 Å². The average Bonchev–Trinajstić information content (AvgIpc) is 3.00. The third-order valence-electron chi connectivity index (χ3n) is 3.26. The maximum absolute atomic E-state index is 10.1. The lowest BCUT2D eigenvalue weighted by molar-refractivity contribution is 0.157. The van der Waals surface area contributed by atoms with Crippen LogP contribution in [-0.2, 0) is 6.54 Å². The molecule has 0 aliphatic heterocycles. The average molecular weight is 307 g/mol. The van der Waals surface area contributed by atoms with Gasteiger partial charge in [0, 0.05) is 22.4 Å². The molecule has 4 heteroatoms. The largest absolute Gasteiger partial charge is 0.388 e. The Bertz CT molecular complexity index is 496. The maximum atomic E-state index is 10.1. The van der Waals surface area contributed by atoms with Crippen LogP contribution in [-0.4, -0.2) is 17.4 Å². The fourth-order valence-electron chi connectivity index (χ4n) is 2.05. The molecular formula is C16H21NOS2. The highest BCUT2D eigenvalue weighted by Crippen LogP contribution is 2.23. The third-order valence-corrected chi connectivity index (χ3v) is 4.98. The highest BCUT2D eigenvalue weighted by atomic mass is 32.2. The van der Waals surface area contributed by atoms with Gasteiger partial charge in [-0.2, -0.15) is 0 Å². The van der Waals surface area contributed by atoms with Crippen molar-refractivity contribution in [1.29, 1.82) is 0 Å². The number of hydrogen-bond donors (Lipinski definition) is 2. The SMILES string of the molecule is CSc1ccc(CNC(C)CC(O)c2cccs2)cc1. The molecule has 0 fully saturated rings. The molecule has 1 heterocycles. The van der Waals surface area contributed by atoms with Crippen LogP contribution in [0.1, 0.15) is 29.9 Å². The van der Waals surface area contributed by atoms with Crippen LogP contribution in [0, 0.1) is 0 Å². The molecule has 0 saturated carbocycles. The number of nitrogens with one attached hydrogen (secondary N) is 1. The molecule has 1 aromatic carbocycles. The Morgan fingerprint density at radius 2 is 2.00 bits per heavy atom. The molecule has 0 aliphatic rings. The Balaban J connectivity index is 1.78. The van der Waals surface area contributed by atoms with Crippen LogP contribution in [0.2, 0.25) is 0 Å². The Hall–Kier alpha value is -0.810. The molecule has 2 N–H and O–H groups in total. The van der Waals surface area contributed by atoms with Crippen molar-refractivity contribution in [2.75, 3.05) is 6.26 Å². The van der Waals surface area contributed by atoms with Gasteiger partial charge in [-0.05, 0) is 48.7 Å². The van der Waals surface area contributed by atoms with Gasteiger partial charge in [0.15, 0.2) is 0 Å². The summed E-state index contributed by atoms with van der Waals surface area (Å²) in [6, 6.07) is 12.9. The number of rotatable bonds is 7. The maximum Gasteiger partial charge on any atom is 0.0896 e. The summed E-state index contributed by atoms with van der Waals surface area (Å²) in [5, 5.41) is 15.6. The van der Waals surface area contributed by atoms with E-state index >= 15 is 0 Å².